The second kappa shape index (κ2) is 7.89. The van der Waals surface area contributed by atoms with Gasteiger partial charge in [-0.2, -0.15) is 0 Å². The number of halogens is 2. The summed E-state index contributed by atoms with van der Waals surface area (Å²) in [5, 5.41) is 3.97. The average molecular weight is 406 g/mol. The molecule has 3 rings (SSSR count). The highest BCUT2D eigenvalue weighted by atomic mass is 35.5. The first-order valence-electron chi connectivity index (χ1n) is 8.72. The van der Waals surface area contributed by atoms with Crippen LogP contribution < -0.4 is 16.2 Å². The minimum absolute atomic E-state index is 0.175. The normalized spacial score (nSPS) is 18.3. The van der Waals surface area contributed by atoms with Crippen LogP contribution in [0.5, 0.6) is 0 Å². The number of hydrogen-bond acceptors (Lipinski definition) is 3. The summed E-state index contributed by atoms with van der Waals surface area (Å²) in [5.41, 5.74) is 6.76. The third-order valence-electron chi connectivity index (χ3n) is 4.44. The van der Waals surface area contributed by atoms with Crippen LogP contribution in [0.2, 0.25) is 10.0 Å². The van der Waals surface area contributed by atoms with Crippen LogP contribution in [0.4, 0.5) is 5.69 Å². The third-order valence-corrected chi connectivity index (χ3v) is 4.91. The van der Waals surface area contributed by atoms with Gasteiger partial charge in [0.1, 0.15) is 5.54 Å². The van der Waals surface area contributed by atoms with Crippen molar-refractivity contribution in [3.05, 3.63) is 63.6 Å². The second-order valence-electron chi connectivity index (χ2n) is 7.13. The van der Waals surface area contributed by atoms with Gasteiger partial charge >= 0.3 is 0 Å². The van der Waals surface area contributed by atoms with E-state index < -0.39 is 5.54 Å². The molecule has 2 amide bonds. The quantitative estimate of drug-likeness (QED) is 0.634. The summed E-state index contributed by atoms with van der Waals surface area (Å²) < 4.78 is 0. The van der Waals surface area contributed by atoms with Crippen molar-refractivity contribution in [2.45, 2.75) is 32.2 Å². The van der Waals surface area contributed by atoms with Crippen LogP contribution in [-0.4, -0.2) is 11.8 Å². The third kappa shape index (κ3) is 4.26. The Hall–Kier alpha value is -2.08. The molecule has 27 heavy (non-hydrogen) atoms. The maximum Gasteiger partial charge on any atom is 0.251 e. The maximum atomic E-state index is 13.0. The lowest BCUT2D eigenvalue weighted by molar-refractivity contribution is -0.126. The van der Waals surface area contributed by atoms with E-state index in [0.29, 0.717) is 28.6 Å². The maximum absolute atomic E-state index is 13.0. The number of rotatable bonds is 6. The summed E-state index contributed by atoms with van der Waals surface area (Å²) in [6, 6.07) is 12.5. The summed E-state index contributed by atoms with van der Waals surface area (Å²) in [6.45, 7) is 3.92. The SMILES string of the molecule is CC(C)CC(=O)NNC1(Cc2cccc(Cl)c2)C(=O)Nc2cc(Cl)ccc21. The van der Waals surface area contributed by atoms with Gasteiger partial charge in [-0.3, -0.25) is 15.0 Å². The molecule has 0 saturated carbocycles. The molecule has 1 heterocycles. The molecule has 3 N–H and O–H groups in total. The zero-order valence-electron chi connectivity index (χ0n) is 15.1. The highest BCUT2D eigenvalue weighted by Gasteiger charge is 2.47. The van der Waals surface area contributed by atoms with Crippen LogP contribution in [-0.2, 0) is 21.5 Å². The molecule has 2 aromatic carbocycles. The second-order valence-corrected chi connectivity index (χ2v) is 8.00. The minimum atomic E-state index is -1.16. The van der Waals surface area contributed by atoms with E-state index >= 15 is 0 Å². The number of amides is 2. The Bertz CT molecular complexity index is 885. The van der Waals surface area contributed by atoms with E-state index in [4.69, 9.17) is 23.2 Å². The molecule has 0 saturated heterocycles. The zero-order valence-corrected chi connectivity index (χ0v) is 16.6. The van der Waals surface area contributed by atoms with Gasteiger partial charge in [0.25, 0.3) is 5.91 Å². The molecular weight excluding hydrogens is 385 g/mol. The van der Waals surface area contributed by atoms with Gasteiger partial charge in [-0.15, -0.1) is 0 Å². The number of benzene rings is 2. The molecule has 0 spiro atoms. The first kappa shape index (κ1) is 19.7. The van der Waals surface area contributed by atoms with Gasteiger partial charge in [-0.05, 0) is 35.7 Å². The van der Waals surface area contributed by atoms with Crippen LogP contribution in [0, 0.1) is 5.92 Å². The van der Waals surface area contributed by atoms with E-state index in [-0.39, 0.29) is 17.7 Å². The molecule has 7 heteroatoms. The van der Waals surface area contributed by atoms with Crippen LogP contribution in [0.1, 0.15) is 31.4 Å². The Balaban J connectivity index is 1.97. The molecule has 1 unspecified atom stereocenters. The molecule has 0 bridgehead atoms. The monoisotopic (exact) mass is 405 g/mol. The standard InChI is InChI=1S/C20H21Cl2N3O2/c1-12(2)8-18(26)24-25-20(11-13-4-3-5-14(21)9-13)16-7-6-15(22)10-17(16)23-19(20)27/h3-7,9-10,12,25H,8,11H2,1-2H3,(H,23,27)(H,24,26). The van der Waals surface area contributed by atoms with Crippen LogP contribution in [0.15, 0.2) is 42.5 Å². The summed E-state index contributed by atoms with van der Waals surface area (Å²) in [5.74, 6) is -0.227. The molecule has 1 aliphatic rings. The Labute approximate surface area is 168 Å². The fourth-order valence-electron chi connectivity index (χ4n) is 3.24. The zero-order chi connectivity index (χ0) is 19.6. The van der Waals surface area contributed by atoms with Crippen molar-refractivity contribution < 1.29 is 9.59 Å². The lowest BCUT2D eigenvalue weighted by Gasteiger charge is -2.29. The number of carbonyl (C=O) groups is 2. The summed E-state index contributed by atoms with van der Waals surface area (Å²) in [6.07, 6.45) is 0.672. The van der Waals surface area contributed by atoms with Crippen molar-refractivity contribution in [2.75, 3.05) is 5.32 Å². The first-order valence-corrected chi connectivity index (χ1v) is 9.48. The molecule has 0 fully saturated rings. The van der Waals surface area contributed by atoms with E-state index in [1.807, 2.05) is 32.0 Å². The molecule has 0 aromatic heterocycles. The van der Waals surface area contributed by atoms with E-state index in [1.165, 1.54) is 0 Å². The topological polar surface area (TPSA) is 70.2 Å². The fourth-order valence-corrected chi connectivity index (χ4v) is 3.62. The van der Waals surface area contributed by atoms with Gasteiger partial charge in [0.15, 0.2) is 0 Å². The van der Waals surface area contributed by atoms with E-state index in [1.54, 1.807) is 24.3 Å². The van der Waals surface area contributed by atoms with Gasteiger partial charge in [0, 0.05) is 34.1 Å². The molecule has 1 aliphatic heterocycles. The van der Waals surface area contributed by atoms with Gasteiger partial charge in [0.2, 0.25) is 5.91 Å². The molecule has 0 aliphatic carbocycles. The number of carbonyl (C=O) groups excluding carboxylic acids is 2. The smallest absolute Gasteiger partial charge is 0.251 e. The first-order chi connectivity index (χ1) is 12.8. The number of nitrogens with one attached hydrogen (secondary N) is 3. The number of fused-ring (bicyclic) bond motifs is 1. The largest absolute Gasteiger partial charge is 0.324 e. The van der Waals surface area contributed by atoms with Gasteiger partial charge < -0.3 is 5.32 Å². The minimum Gasteiger partial charge on any atom is -0.324 e. The number of hydrogen-bond donors (Lipinski definition) is 3. The summed E-state index contributed by atoms with van der Waals surface area (Å²) in [7, 11) is 0. The van der Waals surface area contributed by atoms with Crippen LogP contribution in [0.25, 0.3) is 0 Å². The van der Waals surface area contributed by atoms with Crippen molar-refractivity contribution in [3.8, 4) is 0 Å². The number of hydrazine groups is 1. The van der Waals surface area contributed by atoms with Gasteiger partial charge in [-0.1, -0.05) is 55.2 Å². The molecule has 5 nitrogen and oxygen atoms in total. The van der Waals surface area contributed by atoms with Crippen molar-refractivity contribution in [3.63, 3.8) is 0 Å². The lowest BCUT2D eigenvalue weighted by atomic mass is 9.85. The molecular formula is C20H21Cl2N3O2. The molecule has 0 radical (unpaired) electrons. The summed E-state index contributed by atoms with van der Waals surface area (Å²) >= 11 is 12.2. The van der Waals surface area contributed by atoms with Crippen molar-refractivity contribution >= 4 is 40.7 Å². The van der Waals surface area contributed by atoms with Gasteiger partial charge in [-0.25, -0.2) is 5.43 Å². The highest BCUT2D eigenvalue weighted by Crippen LogP contribution is 2.39. The van der Waals surface area contributed by atoms with Crippen LogP contribution in [0.3, 0.4) is 0 Å². The van der Waals surface area contributed by atoms with E-state index in [0.717, 1.165) is 11.1 Å². The Morgan fingerprint density at radius 1 is 1.15 bits per heavy atom. The Morgan fingerprint density at radius 2 is 1.89 bits per heavy atom. The van der Waals surface area contributed by atoms with Gasteiger partial charge in [0.05, 0.1) is 0 Å². The fraction of sp³-hybridized carbons (Fsp3) is 0.300. The van der Waals surface area contributed by atoms with Crippen molar-refractivity contribution in [1.29, 1.82) is 0 Å². The predicted molar refractivity (Wildman–Crippen MR) is 108 cm³/mol. The summed E-state index contributed by atoms with van der Waals surface area (Å²) in [4.78, 5) is 25.2. The Morgan fingerprint density at radius 3 is 2.59 bits per heavy atom. The highest BCUT2D eigenvalue weighted by molar-refractivity contribution is 6.31. The number of anilines is 1. The van der Waals surface area contributed by atoms with Crippen molar-refractivity contribution in [1.82, 2.24) is 10.9 Å². The van der Waals surface area contributed by atoms with Crippen molar-refractivity contribution in [2.24, 2.45) is 5.92 Å². The van der Waals surface area contributed by atoms with E-state index in [9.17, 15) is 9.59 Å². The van der Waals surface area contributed by atoms with Crippen LogP contribution >= 0.6 is 23.2 Å². The van der Waals surface area contributed by atoms with E-state index in [2.05, 4.69) is 16.2 Å². The lowest BCUT2D eigenvalue weighted by Crippen LogP contribution is -2.57. The predicted octanol–water partition coefficient (Wildman–Crippen LogP) is 4.05. The average Bonchev–Trinajstić information content (AvgIpc) is 2.84. The molecule has 142 valence electrons. The molecule has 1 atom stereocenters. The Kier molecular flexibility index (Phi) is 5.75. The molecule has 2 aromatic rings.